The Morgan fingerprint density at radius 1 is 1.09 bits per heavy atom. The number of hydrogen-bond donors (Lipinski definition) is 3. The van der Waals surface area contributed by atoms with Gasteiger partial charge in [-0.1, -0.05) is 32.4 Å². The highest BCUT2D eigenvalue weighted by molar-refractivity contribution is 6.30. The van der Waals surface area contributed by atoms with Gasteiger partial charge in [0.15, 0.2) is 11.5 Å². The number of anilines is 1. The third kappa shape index (κ3) is 5.03. The molecule has 186 valence electrons. The first-order valence-corrected chi connectivity index (χ1v) is 12.2. The van der Waals surface area contributed by atoms with Crippen LogP contribution >= 0.6 is 11.6 Å². The molecule has 0 amide bonds. The number of aliphatic hydroxyl groups is 1. The molecule has 11 heteroatoms. The van der Waals surface area contributed by atoms with E-state index in [9.17, 15) is 14.7 Å². The number of aromatic amines is 1. The van der Waals surface area contributed by atoms with Crippen LogP contribution < -0.4 is 16.6 Å². The Balaban J connectivity index is 1.69. The molecule has 1 atom stereocenters. The Morgan fingerprint density at radius 2 is 1.77 bits per heavy atom. The molecule has 0 fully saturated rings. The second-order valence-electron chi connectivity index (χ2n) is 8.40. The fourth-order valence-corrected chi connectivity index (χ4v) is 4.22. The maximum Gasteiger partial charge on any atom is 0.332 e. The normalized spacial score (nSPS) is 12.4. The van der Waals surface area contributed by atoms with Crippen molar-refractivity contribution < 1.29 is 5.11 Å². The predicted molar refractivity (Wildman–Crippen MR) is 137 cm³/mol. The third-order valence-electron chi connectivity index (χ3n) is 5.75. The van der Waals surface area contributed by atoms with Gasteiger partial charge in [0.1, 0.15) is 17.4 Å². The molecule has 3 N–H and O–H groups in total. The molecule has 1 unspecified atom stereocenters. The molecule has 0 radical (unpaired) electrons. The average molecular weight is 500 g/mol. The smallest absolute Gasteiger partial charge is 0.332 e. The molecule has 0 aliphatic heterocycles. The van der Waals surface area contributed by atoms with E-state index in [-0.39, 0.29) is 17.8 Å². The van der Waals surface area contributed by atoms with Gasteiger partial charge in [-0.05, 0) is 49.6 Å². The van der Waals surface area contributed by atoms with Gasteiger partial charge < -0.3 is 15.4 Å². The zero-order chi connectivity index (χ0) is 25.1. The zero-order valence-electron chi connectivity index (χ0n) is 20.1. The molecule has 35 heavy (non-hydrogen) atoms. The van der Waals surface area contributed by atoms with Crippen molar-refractivity contribution in [2.45, 2.75) is 65.9 Å². The fourth-order valence-electron chi connectivity index (χ4n) is 4.10. The summed E-state index contributed by atoms with van der Waals surface area (Å²) in [5.41, 5.74) is 2.07. The highest BCUT2D eigenvalue weighted by Gasteiger charge is 2.20. The Hall–Kier alpha value is -3.37. The van der Waals surface area contributed by atoms with E-state index in [2.05, 4.69) is 20.4 Å². The van der Waals surface area contributed by atoms with Crippen LogP contribution in [-0.2, 0) is 26.1 Å². The lowest BCUT2D eigenvalue weighted by atomic mass is 10.3. The van der Waals surface area contributed by atoms with Crippen molar-refractivity contribution in [1.29, 1.82) is 0 Å². The van der Waals surface area contributed by atoms with E-state index < -0.39 is 6.23 Å². The number of hydrogen-bond acceptors (Lipinski definition) is 6. The Labute approximate surface area is 207 Å². The SMILES string of the molecule is CCCn1c(=O)c2[nH]c(-c3cc(CC)n(CC(O)Nc4ccc(Cl)cc4)n3)nc2n(CCC)c1=O. The van der Waals surface area contributed by atoms with Crippen LogP contribution in [0.3, 0.4) is 0 Å². The largest absolute Gasteiger partial charge is 0.372 e. The quantitative estimate of drug-likeness (QED) is 0.288. The molecule has 0 spiro atoms. The molecule has 0 aliphatic rings. The van der Waals surface area contributed by atoms with Crippen molar-refractivity contribution in [1.82, 2.24) is 28.9 Å². The summed E-state index contributed by atoms with van der Waals surface area (Å²) < 4.78 is 4.52. The number of aryl methyl sites for hydroxylation is 2. The van der Waals surface area contributed by atoms with Crippen molar-refractivity contribution in [2.24, 2.45) is 0 Å². The molecule has 0 bridgehead atoms. The topological polar surface area (TPSA) is 123 Å². The molecule has 3 aromatic heterocycles. The van der Waals surface area contributed by atoms with Gasteiger partial charge >= 0.3 is 5.69 Å². The first kappa shape index (κ1) is 24.7. The lowest BCUT2D eigenvalue weighted by Gasteiger charge is -2.15. The molecule has 1 aromatic carbocycles. The van der Waals surface area contributed by atoms with E-state index in [1.165, 1.54) is 4.57 Å². The molecular formula is C24H30ClN7O3. The second-order valence-corrected chi connectivity index (χ2v) is 8.84. The third-order valence-corrected chi connectivity index (χ3v) is 6.00. The number of fused-ring (bicyclic) bond motifs is 1. The number of H-pyrrole nitrogens is 1. The Bertz CT molecular complexity index is 1430. The van der Waals surface area contributed by atoms with Gasteiger partial charge in [-0.25, -0.2) is 9.78 Å². The number of rotatable bonds is 10. The highest BCUT2D eigenvalue weighted by atomic mass is 35.5. The minimum atomic E-state index is -0.888. The minimum Gasteiger partial charge on any atom is -0.372 e. The summed E-state index contributed by atoms with van der Waals surface area (Å²) in [7, 11) is 0. The summed E-state index contributed by atoms with van der Waals surface area (Å²) >= 11 is 5.92. The molecule has 0 saturated heterocycles. The summed E-state index contributed by atoms with van der Waals surface area (Å²) in [4.78, 5) is 33.6. The molecule has 10 nitrogen and oxygen atoms in total. The first-order chi connectivity index (χ1) is 16.9. The Morgan fingerprint density at radius 3 is 2.43 bits per heavy atom. The van der Waals surface area contributed by atoms with Gasteiger partial charge in [0, 0.05) is 29.5 Å². The number of aliphatic hydroxyl groups excluding tert-OH is 1. The summed E-state index contributed by atoms with van der Waals surface area (Å²) in [5.74, 6) is 0.407. The number of halogens is 1. The number of benzene rings is 1. The van der Waals surface area contributed by atoms with Crippen LogP contribution in [0.25, 0.3) is 22.7 Å². The van der Waals surface area contributed by atoms with E-state index in [1.54, 1.807) is 33.5 Å². The number of imidazole rings is 1. The maximum absolute atomic E-state index is 13.0. The van der Waals surface area contributed by atoms with Gasteiger partial charge in [0.05, 0.1) is 6.54 Å². The molecule has 0 saturated carbocycles. The van der Waals surface area contributed by atoms with Crippen molar-refractivity contribution in [3.05, 3.63) is 61.9 Å². The summed E-state index contributed by atoms with van der Waals surface area (Å²) in [5, 5.41) is 18.8. The number of aromatic nitrogens is 6. The van der Waals surface area contributed by atoms with Crippen LogP contribution in [-0.4, -0.2) is 40.2 Å². The van der Waals surface area contributed by atoms with Gasteiger partial charge in [-0.2, -0.15) is 5.10 Å². The lowest BCUT2D eigenvalue weighted by Crippen LogP contribution is -2.40. The van der Waals surface area contributed by atoms with E-state index >= 15 is 0 Å². The van der Waals surface area contributed by atoms with E-state index in [0.717, 1.165) is 17.8 Å². The minimum absolute atomic E-state index is 0.204. The van der Waals surface area contributed by atoms with Crippen LogP contribution in [0.1, 0.15) is 39.3 Å². The van der Waals surface area contributed by atoms with Gasteiger partial charge in [-0.15, -0.1) is 0 Å². The summed E-state index contributed by atoms with van der Waals surface area (Å²) in [6, 6.07) is 8.94. The monoisotopic (exact) mass is 499 g/mol. The maximum atomic E-state index is 13.0. The lowest BCUT2D eigenvalue weighted by molar-refractivity contribution is 0.175. The van der Waals surface area contributed by atoms with Gasteiger partial charge in [-0.3, -0.25) is 18.6 Å². The van der Waals surface area contributed by atoms with Crippen molar-refractivity contribution in [3.8, 4) is 11.5 Å². The molecule has 4 aromatic rings. The highest BCUT2D eigenvalue weighted by Crippen LogP contribution is 2.20. The van der Waals surface area contributed by atoms with E-state index in [0.29, 0.717) is 53.6 Å². The summed E-state index contributed by atoms with van der Waals surface area (Å²) in [6.45, 7) is 6.90. The first-order valence-electron chi connectivity index (χ1n) is 11.9. The Kier molecular flexibility index (Phi) is 7.42. The predicted octanol–water partition coefficient (Wildman–Crippen LogP) is 3.22. The fraction of sp³-hybridized carbons (Fsp3) is 0.417. The number of nitrogens with zero attached hydrogens (tertiary/aromatic N) is 5. The van der Waals surface area contributed by atoms with Crippen LogP contribution in [0, 0.1) is 0 Å². The molecular weight excluding hydrogens is 470 g/mol. The average Bonchev–Trinajstić information content (AvgIpc) is 3.45. The molecule has 3 heterocycles. The van der Waals surface area contributed by atoms with Crippen molar-refractivity contribution in [2.75, 3.05) is 5.32 Å². The van der Waals surface area contributed by atoms with Gasteiger partial charge in [0.25, 0.3) is 5.56 Å². The van der Waals surface area contributed by atoms with E-state index in [4.69, 9.17) is 11.6 Å². The van der Waals surface area contributed by atoms with Gasteiger partial charge in [0.2, 0.25) is 0 Å². The number of nitrogens with one attached hydrogen (secondary N) is 2. The summed E-state index contributed by atoms with van der Waals surface area (Å²) in [6.07, 6.45) is 1.20. The van der Waals surface area contributed by atoms with Crippen LogP contribution in [0.15, 0.2) is 39.9 Å². The van der Waals surface area contributed by atoms with E-state index in [1.807, 2.05) is 26.8 Å². The molecule has 4 rings (SSSR count). The van der Waals surface area contributed by atoms with Crippen LogP contribution in [0.2, 0.25) is 5.02 Å². The van der Waals surface area contributed by atoms with Crippen LogP contribution in [0.5, 0.6) is 0 Å². The zero-order valence-corrected chi connectivity index (χ0v) is 20.8. The second kappa shape index (κ2) is 10.5. The standard InChI is InChI=1S/C24H30ClN7O3/c1-4-11-30-22-20(23(34)31(12-5-2)24(30)35)27-21(28-22)18-13-17(6-3)32(29-18)14-19(33)26-16-9-7-15(25)8-10-16/h7-10,13,19,26,33H,4-6,11-12,14H2,1-3H3,(H,27,28). The van der Waals surface area contributed by atoms with Crippen molar-refractivity contribution >= 4 is 28.5 Å². The van der Waals surface area contributed by atoms with Crippen molar-refractivity contribution in [3.63, 3.8) is 0 Å². The molecule has 0 aliphatic carbocycles. The van der Waals surface area contributed by atoms with Crippen LogP contribution in [0.4, 0.5) is 5.69 Å².